The molecule has 0 saturated carbocycles. The second kappa shape index (κ2) is 9.85. The maximum atomic E-state index is 13.2. The van der Waals surface area contributed by atoms with Crippen molar-refractivity contribution in [1.82, 2.24) is 10.2 Å². The highest BCUT2D eigenvalue weighted by Gasteiger charge is 2.41. The lowest BCUT2D eigenvalue weighted by Gasteiger charge is -2.38. The summed E-state index contributed by atoms with van der Waals surface area (Å²) in [6.07, 6.45) is 2.85. The summed E-state index contributed by atoms with van der Waals surface area (Å²) < 4.78 is 11.7. The molecule has 0 spiro atoms. The molecule has 2 heterocycles. The molecule has 0 bridgehead atoms. The molecule has 1 unspecified atom stereocenters. The smallest absolute Gasteiger partial charge is 0.219 e. The quantitative estimate of drug-likeness (QED) is 0.574. The Hall–Kier alpha value is -3.03. The van der Waals surface area contributed by atoms with Gasteiger partial charge in [0.2, 0.25) is 5.13 Å². The SMILES string of the molecule is CCCSc1nnc(N2C(N)=C(C#N)C(c3ccc(OC)c(OC)c3)C3=C2CCCC3=O)s1. The first-order valence-electron chi connectivity index (χ1n) is 10.7. The number of ketones is 1. The lowest BCUT2D eigenvalue weighted by Crippen LogP contribution is -2.38. The van der Waals surface area contributed by atoms with Crippen molar-refractivity contribution in [1.29, 1.82) is 5.26 Å². The highest BCUT2D eigenvalue weighted by atomic mass is 32.2. The molecule has 2 N–H and O–H groups in total. The van der Waals surface area contributed by atoms with Gasteiger partial charge in [-0.2, -0.15) is 5.26 Å². The molecule has 33 heavy (non-hydrogen) atoms. The van der Waals surface area contributed by atoms with E-state index in [4.69, 9.17) is 15.2 Å². The number of nitrogens with two attached hydrogens (primary N) is 1. The number of carbonyl (C=O) groups excluding carboxylic acids is 1. The van der Waals surface area contributed by atoms with E-state index < -0.39 is 5.92 Å². The number of methoxy groups -OCH3 is 2. The van der Waals surface area contributed by atoms with Gasteiger partial charge in [0.15, 0.2) is 21.6 Å². The number of thioether (sulfide) groups is 1. The van der Waals surface area contributed by atoms with E-state index in [0.29, 0.717) is 40.6 Å². The van der Waals surface area contributed by atoms with Crippen LogP contribution in [0.4, 0.5) is 5.13 Å². The van der Waals surface area contributed by atoms with Gasteiger partial charge in [-0.15, -0.1) is 10.2 Å². The molecule has 2 aromatic rings. The third-order valence-corrected chi connectivity index (χ3v) is 7.92. The third-order valence-electron chi connectivity index (χ3n) is 5.67. The first-order chi connectivity index (χ1) is 16.0. The minimum absolute atomic E-state index is 0.0198. The van der Waals surface area contributed by atoms with Crippen LogP contribution < -0.4 is 20.1 Å². The molecular formula is C23H25N5O3S2. The van der Waals surface area contributed by atoms with Crippen molar-refractivity contribution < 1.29 is 14.3 Å². The number of nitrogens with zero attached hydrogens (tertiary/aromatic N) is 4. The predicted molar refractivity (Wildman–Crippen MR) is 128 cm³/mol. The summed E-state index contributed by atoms with van der Waals surface area (Å²) in [5.74, 6) is 1.78. The number of nitriles is 1. The Labute approximate surface area is 201 Å². The minimum Gasteiger partial charge on any atom is -0.493 e. The number of hydrogen-bond donors (Lipinski definition) is 1. The molecule has 10 heteroatoms. The fourth-order valence-corrected chi connectivity index (χ4v) is 6.02. The van der Waals surface area contributed by atoms with Crippen molar-refractivity contribution in [2.24, 2.45) is 5.73 Å². The lowest BCUT2D eigenvalue weighted by atomic mass is 9.75. The van der Waals surface area contributed by atoms with E-state index in [1.807, 2.05) is 6.07 Å². The molecule has 0 amide bonds. The van der Waals surface area contributed by atoms with E-state index in [2.05, 4.69) is 23.2 Å². The van der Waals surface area contributed by atoms with Crippen LogP contribution in [0.3, 0.4) is 0 Å². The summed E-state index contributed by atoms with van der Waals surface area (Å²) in [5.41, 5.74) is 9.06. The van der Waals surface area contributed by atoms with E-state index in [-0.39, 0.29) is 11.6 Å². The number of aromatic nitrogens is 2. The number of allylic oxidation sites excluding steroid dienone is 3. The van der Waals surface area contributed by atoms with Gasteiger partial charge in [0.05, 0.1) is 31.8 Å². The van der Waals surface area contributed by atoms with Crippen LogP contribution in [0.2, 0.25) is 0 Å². The minimum atomic E-state index is -0.573. The zero-order valence-corrected chi connectivity index (χ0v) is 20.4. The van der Waals surface area contributed by atoms with Gasteiger partial charge in [-0.3, -0.25) is 9.69 Å². The number of carbonyl (C=O) groups is 1. The van der Waals surface area contributed by atoms with Gasteiger partial charge in [0, 0.05) is 23.4 Å². The average molecular weight is 484 g/mol. The largest absolute Gasteiger partial charge is 0.493 e. The van der Waals surface area contributed by atoms with E-state index in [9.17, 15) is 10.1 Å². The molecule has 4 rings (SSSR count). The number of anilines is 1. The molecule has 1 atom stereocenters. The van der Waals surface area contributed by atoms with Crippen molar-refractivity contribution >= 4 is 34.0 Å². The van der Waals surface area contributed by atoms with Crippen LogP contribution in [0.1, 0.15) is 44.1 Å². The van der Waals surface area contributed by atoms with Crippen LogP contribution in [0.5, 0.6) is 11.5 Å². The molecule has 1 aliphatic heterocycles. The van der Waals surface area contributed by atoms with Crippen LogP contribution in [0.25, 0.3) is 0 Å². The second-order valence-electron chi connectivity index (χ2n) is 7.63. The van der Waals surface area contributed by atoms with Gasteiger partial charge in [-0.1, -0.05) is 36.1 Å². The number of hydrogen-bond acceptors (Lipinski definition) is 10. The van der Waals surface area contributed by atoms with Crippen LogP contribution in [0.15, 0.2) is 45.2 Å². The summed E-state index contributed by atoms with van der Waals surface area (Å²) in [6.45, 7) is 2.11. The van der Waals surface area contributed by atoms with Crippen molar-refractivity contribution in [3.05, 3.63) is 46.4 Å². The second-order valence-corrected chi connectivity index (χ2v) is 9.93. The summed E-state index contributed by atoms with van der Waals surface area (Å²) in [4.78, 5) is 15.0. The number of rotatable bonds is 7. The van der Waals surface area contributed by atoms with Gasteiger partial charge in [-0.25, -0.2) is 0 Å². The van der Waals surface area contributed by atoms with Crippen LogP contribution in [-0.2, 0) is 4.79 Å². The van der Waals surface area contributed by atoms with E-state index in [0.717, 1.165) is 34.2 Å². The lowest BCUT2D eigenvalue weighted by molar-refractivity contribution is -0.116. The molecular weight excluding hydrogens is 458 g/mol. The van der Waals surface area contributed by atoms with Crippen LogP contribution in [-0.4, -0.2) is 36.0 Å². The van der Waals surface area contributed by atoms with Gasteiger partial charge in [0.25, 0.3) is 0 Å². The maximum absolute atomic E-state index is 13.2. The molecule has 0 radical (unpaired) electrons. The molecule has 0 fully saturated rings. The molecule has 172 valence electrons. The summed E-state index contributed by atoms with van der Waals surface area (Å²) in [5, 5.41) is 19.3. The fourth-order valence-electron chi connectivity index (χ4n) is 4.21. The van der Waals surface area contributed by atoms with Crippen molar-refractivity contribution in [3.63, 3.8) is 0 Å². The topological polar surface area (TPSA) is 114 Å². The van der Waals surface area contributed by atoms with Gasteiger partial charge in [-0.05, 0) is 37.0 Å². The van der Waals surface area contributed by atoms with Crippen LogP contribution in [0, 0.1) is 11.3 Å². The number of ether oxygens (including phenoxy) is 2. The van der Waals surface area contributed by atoms with E-state index in [1.54, 1.807) is 43.0 Å². The number of Topliss-reactive ketones (excluding diaryl/α,β-unsaturated/α-hetero) is 1. The van der Waals surface area contributed by atoms with Gasteiger partial charge >= 0.3 is 0 Å². The van der Waals surface area contributed by atoms with Crippen LogP contribution >= 0.6 is 23.1 Å². The summed E-state index contributed by atoms with van der Waals surface area (Å²) in [6, 6.07) is 7.70. The fraction of sp³-hybridized carbons (Fsp3) is 0.391. The predicted octanol–water partition coefficient (Wildman–Crippen LogP) is 4.36. The normalized spacial score (nSPS) is 18.3. The Balaban J connectivity index is 1.87. The Morgan fingerprint density at radius 1 is 1.27 bits per heavy atom. The molecule has 0 saturated heterocycles. The standard InChI is InChI=1S/C23H25N5O3S2/c1-4-10-32-23-27-26-22(33-23)28-15-6-5-7-16(29)20(15)19(14(12-24)21(28)25)13-8-9-17(30-2)18(11-13)31-3/h8-9,11,19H,4-7,10,25H2,1-3H3. The highest BCUT2D eigenvalue weighted by Crippen LogP contribution is 2.48. The first-order valence-corrected chi connectivity index (χ1v) is 12.5. The molecule has 2 aliphatic rings. The Morgan fingerprint density at radius 3 is 2.76 bits per heavy atom. The molecule has 8 nitrogen and oxygen atoms in total. The van der Waals surface area contributed by atoms with E-state index >= 15 is 0 Å². The molecule has 1 aliphatic carbocycles. The Bertz CT molecular complexity index is 1180. The number of benzene rings is 1. The monoisotopic (exact) mass is 483 g/mol. The van der Waals surface area contributed by atoms with E-state index in [1.165, 1.54) is 11.3 Å². The maximum Gasteiger partial charge on any atom is 0.219 e. The highest BCUT2D eigenvalue weighted by molar-refractivity contribution is 8.01. The van der Waals surface area contributed by atoms with Crippen molar-refractivity contribution in [3.8, 4) is 17.6 Å². The zero-order chi connectivity index (χ0) is 23.5. The molecule has 1 aromatic heterocycles. The Kier molecular flexibility index (Phi) is 6.91. The van der Waals surface area contributed by atoms with Crippen molar-refractivity contribution in [2.45, 2.75) is 42.9 Å². The van der Waals surface area contributed by atoms with Gasteiger partial charge in [0.1, 0.15) is 5.82 Å². The summed E-state index contributed by atoms with van der Waals surface area (Å²) >= 11 is 3.06. The average Bonchev–Trinajstić information content (AvgIpc) is 3.30. The zero-order valence-electron chi connectivity index (χ0n) is 18.8. The Morgan fingerprint density at radius 2 is 2.06 bits per heavy atom. The third kappa shape index (κ3) is 4.18. The first kappa shape index (κ1) is 23.1. The summed E-state index contributed by atoms with van der Waals surface area (Å²) in [7, 11) is 3.12. The van der Waals surface area contributed by atoms with Crippen molar-refractivity contribution in [2.75, 3.05) is 24.9 Å². The molecule has 1 aromatic carbocycles. The van der Waals surface area contributed by atoms with Gasteiger partial charge < -0.3 is 15.2 Å².